The molecule has 17 heavy (non-hydrogen) atoms. The van der Waals surface area contributed by atoms with E-state index in [1.807, 2.05) is 6.07 Å². The lowest BCUT2D eigenvalue weighted by Crippen LogP contribution is -2.46. The van der Waals surface area contributed by atoms with Gasteiger partial charge in [-0.1, -0.05) is 0 Å². The summed E-state index contributed by atoms with van der Waals surface area (Å²) in [6.07, 6.45) is 5.32. The minimum Gasteiger partial charge on any atom is -0.396 e. The first kappa shape index (κ1) is 12.4. The summed E-state index contributed by atoms with van der Waals surface area (Å²) in [5.41, 5.74) is 1.08. The maximum Gasteiger partial charge on any atom is 0.115 e. The third-order valence-corrected chi connectivity index (χ3v) is 3.15. The van der Waals surface area contributed by atoms with Crippen molar-refractivity contribution in [2.75, 3.05) is 32.8 Å². The molecule has 1 saturated heterocycles. The van der Waals surface area contributed by atoms with Gasteiger partial charge < -0.3 is 10.4 Å². The van der Waals surface area contributed by atoms with Crippen molar-refractivity contribution < 1.29 is 5.11 Å². The van der Waals surface area contributed by atoms with Crippen molar-refractivity contribution >= 4 is 0 Å². The highest BCUT2D eigenvalue weighted by Crippen LogP contribution is 2.19. The van der Waals surface area contributed by atoms with E-state index in [0.29, 0.717) is 6.04 Å². The van der Waals surface area contributed by atoms with Gasteiger partial charge in [0, 0.05) is 32.4 Å². The van der Waals surface area contributed by atoms with Crippen LogP contribution < -0.4 is 5.32 Å². The molecule has 2 N–H and O–H groups in total. The smallest absolute Gasteiger partial charge is 0.115 e. The van der Waals surface area contributed by atoms with Crippen LogP contribution in [0.1, 0.15) is 24.6 Å². The molecule has 0 amide bonds. The van der Waals surface area contributed by atoms with Crippen molar-refractivity contribution in [3.63, 3.8) is 0 Å². The Kier molecular flexibility index (Phi) is 4.85. The molecule has 0 saturated carbocycles. The molecular weight excluding hydrogens is 216 g/mol. The largest absolute Gasteiger partial charge is 0.396 e. The van der Waals surface area contributed by atoms with Crippen LogP contribution >= 0.6 is 0 Å². The highest BCUT2D eigenvalue weighted by Gasteiger charge is 2.23. The molecule has 1 fully saturated rings. The Balaban J connectivity index is 1.97. The minimum absolute atomic E-state index is 0.282. The summed E-state index contributed by atoms with van der Waals surface area (Å²) in [7, 11) is 0. The normalized spacial score (nSPS) is 21.6. The predicted octanol–water partition coefficient (Wildman–Crippen LogP) is 0.195. The molecule has 0 radical (unpaired) electrons. The van der Waals surface area contributed by atoms with Crippen LogP contribution in [0.2, 0.25) is 0 Å². The summed E-state index contributed by atoms with van der Waals surface area (Å²) >= 11 is 0. The van der Waals surface area contributed by atoms with Crippen LogP contribution in [0.4, 0.5) is 0 Å². The number of aromatic nitrogens is 2. The summed E-state index contributed by atoms with van der Waals surface area (Å²) in [4.78, 5) is 10.7. The Hall–Kier alpha value is -1.04. The average Bonchev–Trinajstić information content (AvgIpc) is 2.41. The number of piperazine rings is 1. The molecule has 0 aromatic carbocycles. The Bertz CT molecular complexity index is 320. The lowest BCUT2D eigenvalue weighted by molar-refractivity contribution is 0.151. The molecule has 1 unspecified atom stereocenters. The number of nitrogens with one attached hydrogen (secondary N) is 1. The summed E-state index contributed by atoms with van der Waals surface area (Å²) < 4.78 is 0. The van der Waals surface area contributed by atoms with Crippen LogP contribution in [0.15, 0.2) is 18.6 Å². The van der Waals surface area contributed by atoms with Crippen LogP contribution in [-0.2, 0) is 0 Å². The van der Waals surface area contributed by atoms with Crippen molar-refractivity contribution in [3.8, 4) is 0 Å². The number of hydrogen-bond acceptors (Lipinski definition) is 5. The van der Waals surface area contributed by atoms with E-state index in [4.69, 9.17) is 5.11 Å². The molecule has 0 aliphatic carbocycles. The number of aliphatic hydroxyl groups is 1. The highest BCUT2D eigenvalue weighted by molar-refractivity contribution is 5.07. The minimum atomic E-state index is 0.282. The Morgan fingerprint density at radius 1 is 1.47 bits per heavy atom. The molecule has 1 aliphatic heterocycles. The zero-order valence-corrected chi connectivity index (χ0v) is 10.0. The van der Waals surface area contributed by atoms with Crippen LogP contribution in [0.3, 0.4) is 0 Å². The van der Waals surface area contributed by atoms with E-state index in [2.05, 4.69) is 20.2 Å². The maximum atomic E-state index is 8.83. The third kappa shape index (κ3) is 3.46. The molecule has 1 aromatic heterocycles. The highest BCUT2D eigenvalue weighted by atomic mass is 16.2. The van der Waals surface area contributed by atoms with Crippen molar-refractivity contribution in [2.24, 2.45) is 0 Å². The first-order chi connectivity index (χ1) is 8.42. The Labute approximate surface area is 102 Å². The van der Waals surface area contributed by atoms with Crippen molar-refractivity contribution in [1.82, 2.24) is 20.2 Å². The van der Waals surface area contributed by atoms with Crippen molar-refractivity contribution in [3.05, 3.63) is 24.3 Å². The van der Waals surface area contributed by atoms with Gasteiger partial charge in [-0.05, 0) is 25.5 Å². The van der Waals surface area contributed by atoms with Crippen LogP contribution in [0.25, 0.3) is 0 Å². The van der Waals surface area contributed by atoms with E-state index in [1.54, 1.807) is 12.5 Å². The van der Waals surface area contributed by atoms with Gasteiger partial charge in [0.05, 0.1) is 11.7 Å². The standard InChI is InChI=1S/C12H20N4O/c17-8-2-1-6-16-7-5-13-9-12(16)11-3-4-14-10-15-11/h3-4,10,12-13,17H,1-2,5-9H2. The summed E-state index contributed by atoms with van der Waals surface area (Å²) in [6, 6.07) is 2.32. The number of nitrogens with zero attached hydrogens (tertiary/aromatic N) is 3. The van der Waals surface area contributed by atoms with Gasteiger partial charge in [0.2, 0.25) is 0 Å². The second-order valence-electron chi connectivity index (χ2n) is 4.32. The molecule has 94 valence electrons. The number of aliphatic hydroxyl groups excluding tert-OH is 1. The van der Waals surface area contributed by atoms with Crippen LogP contribution in [0.5, 0.6) is 0 Å². The van der Waals surface area contributed by atoms with E-state index in [0.717, 1.165) is 44.7 Å². The molecule has 2 heterocycles. The average molecular weight is 236 g/mol. The second kappa shape index (κ2) is 6.64. The fourth-order valence-electron chi connectivity index (χ4n) is 2.23. The lowest BCUT2D eigenvalue weighted by atomic mass is 10.1. The summed E-state index contributed by atoms with van der Waals surface area (Å²) in [6.45, 7) is 4.32. The zero-order valence-electron chi connectivity index (χ0n) is 10.0. The molecule has 1 atom stereocenters. The van der Waals surface area contributed by atoms with Gasteiger partial charge in [-0.15, -0.1) is 0 Å². The molecule has 1 aliphatic rings. The zero-order chi connectivity index (χ0) is 11.9. The van der Waals surface area contributed by atoms with Gasteiger partial charge in [-0.3, -0.25) is 4.90 Å². The van der Waals surface area contributed by atoms with Crippen molar-refractivity contribution in [1.29, 1.82) is 0 Å². The van der Waals surface area contributed by atoms with E-state index >= 15 is 0 Å². The van der Waals surface area contributed by atoms with Crippen molar-refractivity contribution in [2.45, 2.75) is 18.9 Å². The maximum absolute atomic E-state index is 8.83. The topological polar surface area (TPSA) is 61.3 Å². The Morgan fingerprint density at radius 3 is 3.18 bits per heavy atom. The molecule has 0 bridgehead atoms. The fourth-order valence-corrected chi connectivity index (χ4v) is 2.23. The molecule has 5 heteroatoms. The Morgan fingerprint density at radius 2 is 2.41 bits per heavy atom. The van der Waals surface area contributed by atoms with E-state index < -0.39 is 0 Å². The summed E-state index contributed by atoms with van der Waals surface area (Å²) in [5, 5.41) is 12.2. The predicted molar refractivity (Wildman–Crippen MR) is 65.5 cm³/mol. The molecular formula is C12H20N4O. The fraction of sp³-hybridized carbons (Fsp3) is 0.667. The SMILES string of the molecule is OCCCCN1CCNCC1c1ccncn1. The molecule has 2 rings (SSSR count). The molecule has 1 aromatic rings. The van der Waals surface area contributed by atoms with E-state index in [1.165, 1.54) is 0 Å². The lowest BCUT2D eigenvalue weighted by Gasteiger charge is -2.35. The summed E-state index contributed by atoms with van der Waals surface area (Å²) in [5.74, 6) is 0. The quantitative estimate of drug-likeness (QED) is 0.715. The van der Waals surface area contributed by atoms with E-state index in [9.17, 15) is 0 Å². The van der Waals surface area contributed by atoms with Gasteiger partial charge in [0.15, 0.2) is 0 Å². The first-order valence-electron chi connectivity index (χ1n) is 6.23. The first-order valence-corrected chi connectivity index (χ1v) is 6.23. The van der Waals surface area contributed by atoms with Gasteiger partial charge in [-0.25, -0.2) is 9.97 Å². The molecule has 0 spiro atoms. The van der Waals surface area contributed by atoms with E-state index in [-0.39, 0.29) is 6.61 Å². The monoisotopic (exact) mass is 236 g/mol. The third-order valence-electron chi connectivity index (χ3n) is 3.15. The number of hydrogen-bond donors (Lipinski definition) is 2. The van der Waals surface area contributed by atoms with Gasteiger partial charge in [0.1, 0.15) is 6.33 Å². The van der Waals surface area contributed by atoms with Crippen LogP contribution in [-0.4, -0.2) is 52.8 Å². The number of unbranched alkanes of at least 4 members (excludes halogenated alkanes) is 1. The van der Waals surface area contributed by atoms with Gasteiger partial charge in [0.25, 0.3) is 0 Å². The molecule has 5 nitrogen and oxygen atoms in total. The number of rotatable bonds is 5. The van der Waals surface area contributed by atoms with Crippen LogP contribution in [0, 0.1) is 0 Å². The second-order valence-corrected chi connectivity index (χ2v) is 4.32. The van der Waals surface area contributed by atoms with Gasteiger partial charge >= 0.3 is 0 Å². The van der Waals surface area contributed by atoms with Gasteiger partial charge in [-0.2, -0.15) is 0 Å².